The first-order valence-corrected chi connectivity index (χ1v) is 7.18. The van der Waals surface area contributed by atoms with E-state index in [2.05, 4.69) is 4.98 Å². The van der Waals surface area contributed by atoms with Gasteiger partial charge in [0.15, 0.2) is 0 Å². The fraction of sp³-hybridized carbons (Fsp3) is 0.0833. The normalized spacial score (nSPS) is 11.3. The molecule has 0 spiro atoms. The molecule has 0 saturated heterocycles. The van der Waals surface area contributed by atoms with Gasteiger partial charge in [-0.1, -0.05) is 11.6 Å². The summed E-state index contributed by atoms with van der Waals surface area (Å²) in [5, 5.41) is 0.389. The molecular weight excluding hydrogens is 286 g/mol. The Bertz CT molecular complexity index is 689. The molecule has 5 nitrogen and oxygen atoms in total. The van der Waals surface area contributed by atoms with E-state index >= 15 is 0 Å². The van der Waals surface area contributed by atoms with E-state index < -0.39 is 10.0 Å². The Balaban J connectivity index is 2.48. The average molecular weight is 298 g/mol. The van der Waals surface area contributed by atoms with E-state index in [9.17, 15) is 8.42 Å². The van der Waals surface area contributed by atoms with Crippen molar-refractivity contribution in [2.24, 2.45) is 0 Å². The number of nitrogen functional groups attached to an aromatic ring is 1. The Hall–Kier alpha value is -1.79. The minimum absolute atomic E-state index is 0.0169. The van der Waals surface area contributed by atoms with E-state index in [1.165, 1.54) is 31.4 Å². The van der Waals surface area contributed by atoms with Crippen molar-refractivity contribution < 1.29 is 8.42 Å². The van der Waals surface area contributed by atoms with E-state index in [1.54, 1.807) is 18.3 Å². The van der Waals surface area contributed by atoms with Crippen LogP contribution < -0.4 is 10.0 Å². The summed E-state index contributed by atoms with van der Waals surface area (Å²) >= 11 is 5.77. The molecule has 0 aliphatic heterocycles. The Morgan fingerprint density at radius 1 is 1.32 bits per heavy atom. The second-order valence-electron chi connectivity index (χ2n) is 3.87. The highest BCUT2D eigenvalue weighted by Gasteiger charge is 2.23. The van der Waals surface area contributed by atoms with Crippen LogP contribution in [0.15, 0.2) is 47.6 Å². The van der Waals surface area contributed by atoms with Crippen molar-refractivity contribution in [1.82, 2.24) is 4.98 Å². The number of hydrogen-bond donors (Lipinski definition) is 1. The molecule has 100 valence electrons. The van der Waals surface area contributed by atoms with Crippen LogP contribution in [-0.2, 0) is 10.0 Å². The van der Waals surface area contributed by atoms with Gasteiger partial charge in [-0.25, -0.2) is 8.42 Å². The largest absolute Gasteiger partial charge is 0.398 e. The quantitative estimate of drug-likeness (QED) is 0.881. The summed E-state index contributed by atoms with van der Waals surface area (Å²) in [6, 6.07) is 7.59. The molecule has 0 unspecified atom stereocenters. The predicted octanol–water partition coefficient (Wildman–Crippen LogP) is 2.14. The maximum Gasteiger partial charge on any atom is 0.266 e. The van der Waals surface area contributed by atoms with Gasteiger partial charge in [0.05, 0.1) is 17.6 Å². The maximum absolute atomic E-state index is 12.4. The minimum atomic E-state index is -3.73. The smallest absolute Gasteiger partial charge is 0.266 e. The van der Waals surface area contributed by atoms with Crippen LogP contribution in [0.1, 0.15) is 0 Å². The molecular formula is C12H12ClN3O2S. The lowest BCUT2D eigenvalue weighted by Gasteiger charge is -2.20. The highest BCUT2D eigenvalue weighted by molar-refractivity contribution is 7.93. The van der Waals surface area contributed by atoms with Crippen molar-refractivity contribution in [2.75, 3.05) is 17.1 Å². The van der Waals surface area contributed by atoms with Gasteiger partial charge in [0.25, 0.3) is 10.0 Å². The van der Waals surface area contributed by atoms with Crippen LogP contribution >= 0.6 is 11.6 Å². The number of hydrogen-bond acceptors (Lipinski definition) is 4. The Labute approximate surface area is 116 Å². The third kappa shape index (κ3) is 2.64. The van der Waals surface area contributed by atoms with Crippen molar-refractivity contribution in [3.05, 3.63) is 47.7 Å². The molecule has 2 N–H and O–H groups in total. The highest BCUT2D eigenvalue weighted by atomic mass is 35.5. The molecule has 2 aromatic rings. The first-order chi connectivity index (χ1) is 8.93. The zero-order valence-corrected chi connectivity index (χ0v) is 11.7. The Morgan fingerprint density at radius 3 is 2.63 bits per heavy atom. The van der Waals surface area contributed by atoms with Gasteiger partial charge >= 0.3 is 0 Å². The number of benzene rings is 1. The van der Waals surface area contributed by atoms with E-state index in [1.807, 2.05) is 0 Å². The van der Waals surface area contributed by atoms with E-state index in [0.717, 1.165) is 4.31 Å². The number of sulfonamides is 1. The van der Waals surface area contributed by atoms with Gasteiger partial charge in [0.2, 0.25) is 0 Å². The topological polar surface area (TPSA) is 76.3 Å². The lowest BCUT2D eigenvalue weighted by molar-refractivity contribution is 0.594. The van der Waals surface area contributed by atoms with E-state index in [-0.39, 0.29) is 10.6 Å². The van der Waals surface area contributed by atoms with Gasteiger partial charge in [-0.3, -0.25) is 9.29 Å². The summed E-state index contributed by atoms with van der Waals surface area (Å²) in [5.74, 6) is 0. The number of rotatable bonds is 3. The van der Waals surface area contributed by atoms with Gasteiger partial charge < -0.3 is 5.73 Å². The summed E-state index contributed by atoms with van der Waals surface area (Å²) in [6.45, 7) is 0. The van der Waals surface area contributed by atoms with Crippen LogP contribution in [0.4, 0.5) is 11.4 Å². The molecule has 0 radical (unpaired) electrons. The number of pyridine rings is 1. The van der Waals surface area contributed by atoms with E-state index in [0.29, 0.717) is 10.7 Å². The molecule has 1 heterocycles. The van der Waals surface area contributed by atoms with Crippen molar-refractivity contribution in [1.29, 1.82) is 0 Å². The number of anilines is 2. The molecule has 0 amide bonds. The van der Waals surface area contributed by atoms with Gasteiger partial charge in [-0.2, -0.15) is 0 Å². The average Bonchev–Trinajstić information content (AvgIpc) is 2.38. The van der Waals surface area contributed by atoms with Crippen LogP contribution in [0, 0.1) is 0 Å². The van der Waals surface area contributed by atoms with Crippen molar-refractivity contribution in [3.8, 4) is 0 Å². The molecule has 0 aliphatic carbocycles. The second kappa shape index (κ2) is 5.07. The lowest BCUT2D eigenvalue weighted by atomic mass is 10.3. The summed E-state index contributed by atoms with van der Waals surface area (Å²) < 4.78 is 26.0. The SMILES string of the molecule is CN(c1cccnc1)S(=O)(=O)c1ccc(Cl)cc1N. The Kier molecular flexibility index (Phi) is 3.64. The molecule has 0 bridgehead atoms. The minimum Gasteiger partial charge on any atom is -0.398 e. The number of nitrogens with zero attached hydrogens (tertiary/aromatic N) is 2. The number of aromatic nitrogens is 1. The van der Waals surface area contributed by atoms with E-state index in [4.69, 9.17) is 17.3 Å². The first-order valence-electron chi connectivity index (χ1n) is 5.37. The van der Waals surface area contributed by atoms with Gasteiger partial charge in [0.1, 0.15) is 4.90 Å². The molecule has 2 rings (SSSR count). The number of nitrogens with two attached hydrogens (primary N) is 1. The molecule has 0 aliphatic rings. The number of halogens is 1. The zero-order valence-electron chi connectivity index (χ0n) is 10.1. The first kappa shape index (κ1) is 13.6. The van der Waals surface area contributed by atoms with Gasteiger partial charge in [-0.05, 0) is 30.3 Å². The van der Waals surface area contributed by atoms with Crippen LogP contribution in [0.2, 0.25) is 5.02 Å². The molecule has 0 fully saturated rings. The van der Waals surface area contributed by atoms with Gasteiger partial charge in [-0.15, -0.1) is 0 Å². The van der Waals surface area contributed by atoms with Gasteiger partial charge in [0, 0.05) is 18.3 Å². The zero-order chi connectivity index (χ0) is 14.0. The van der Waals surface area contributed by atoms with Crippen LogP contribution in [-0.4, -0.2) is 20.4 Å². The molecule has 7 heteroatoms. The maximum atomic E-state index is 12.4. The fourth-order valence-electron chi connectivity index (χ4n) is 1.58. The molecule has 1 aromatic carbocycles. The van der Waals surface area contributed by atoms with Crippen molar-refractivity contribution >= 4 is 33.0 Å². The lowest BCUT2D eigenvalue weighted by Crippen LogP contribution is -2.27. The summed E-state index contributed by atoms with van der Waals surface area (Å²) in [6.07, 6.45) is 3.03. The highest BCUT2D eigenvalue weighted by Crippen LogP contribution is 2.27. The fourth-order valence-corrected chi connectivity index (χ4v) is 3.04. The molecule has 0 saturated carbocycles. The predicted molar refractivity (Wildman–Crippen MR) is 75.7 cm³/mol. The monoisotopic (exact) mass is 297 g/mol. The molecule has 0 atom stereocenters. The molecule has 19 heavy (non-hydrogen) atoms. The van der Waals surface area contributed by atoms with Crippen molar-refractivity contribution in [3.63, 3.8) is 0 Å². The second-order valence-corrected chi connectivity index (χ2v) is 6.24. The Morgan fingerprint density at radius 2 is 2.05 bits per heavy atom. The summed E-state index contributed by atoms with van der Waals surface area (Å²) in [4.78, 5) is 3.91. The van der Waals surface area contributed by atoms with Crippen LogP contribution in [0.5, 0.6) is 0 Å². The van der Waals surface area contributed by atoms with Crippen molar-refractivity contribution in [2.45, 2.75) is 4.90 Å². The molecule has 1 aromatic heterocycles. The van der Waals surface area contributed by atoms with Crippen LogP contribution in [0.3, 0.4) is 0 Å². The standard InChI is InChI=1S/C12H12ClN3O2S/c1-16(10-3-2-6-15-8-10)19(17,18)12-5-4-9(13)7-11(12)14/h2-8H,14H2,1H3. The third-order valence-corrected chi connectivity index (χ3v) is 4.71. The van der Waals surface area contributed by atoms with Crippen LogP contribution in [0.25, 0.3) is 0 Å². The summed E-state index contributed by atoms with van der Waals surface area (Å²) in [5.41, 5.74) is 6.29. The summed E-state index contributed by atoms with van der Waals surface area (Å²) in [7, 11) is -2.28. The third-order valence-electron chi connectivity index (χ3n) is 2.62.